The minimum Gasteiger partial charge on any atom is -0.376 e. The first-order chi connectivity index (χ1) is 11.2. The van der Waals surface area contributed by atoms with Gasteiger partial charge < -0.3 is 15.4 Å². The molecule has 6 nitrogen and oxygen atoms in total. The fraction of sp³-hybridized carbons (Fsp3) is 0.312. The molecule has 1 aromatic carbocycles. The highest BCUT2D eigenvalue weighted by Gasteiger charge is 2.15. The summed E-state index contributed by atoms with van der Waals surface area (Å²) in [4.78, 5) is 20.3. The van der Waals surface area contributed by atoms with Crippen molar-refractivity contribution in [3.8, 4) is 0 Å². The maximum absolute atomic E-state index is 12.8. The zero-order valence-corrected chi connectivity index (χ0v) is 12.5. The predicted molar refractivity (Wildman–Crippen MR) is 83.8 cm³/mol. The van der Waals surface area contributed by atoms with Crippen LogP contribution in [0.2, 0.25) is 0 Å². The molecule has 3 rings (SSSR count). The van der Waals surface area contributed by atoms with Gasteiger partial charge in [0.05, 0.1) is 18.5 Å². The Labute approximate surface area is 133 Å². The summed E-state index contributed by atoms with van der Waals surface area (Å²) >= 11 is 0. The number of benzene rings is 1. The molecule has 0 bridgehead atoms. The molecule has 2 aromatic rings. The highest BCUT2D eigenvalue weighted by atomic mass is 19.1. The molecule has 1 unspecified atom stereocenters. The Hall–Kier alpha value is -2.54. The van der Waals surface area contributed by atoms with Gasteiger partial charge >= 0.3 is 0 Å². The number of halogens is 1. The summed E-state index contributed by atoms with van der Waals surface area (Å²) in [6.45, 7) is 1.48. The van der Waals surface area contributed by atoms with Gasteiger partial charge in [-0.1, -0.05) is 0 Å². The molecule has 23 heavy (non-hydrogen) atoms. The number of aromatic nitrogens is 2. The molecular formula is C16H17FN4O2. The molecule has 120 valence electrons. The van der Waals surface area contributed by atoms with Gasteiger partial charge in [0, 0.05) is 18.8 Å². The van der Waals surface area contributed by atoms with E-state index in [0.717, 1.165) is 19.4 Å². The van der Waals surface area contributed by atoms with Crippen LogP contribution in [0.25, 0.3) is 0 Å². The van der Waals surface area contributed by atoms with Gasteiger partial charge in [-0.05, 0) is 37.1 Å². The Morgan fingerprint density at radius 2 is 2.09 bits per heavy atom. The smallest absolute Gasteiger partial charge is 0.275 e. The van der Waals surface area contributed by atoms with E-state index in [9.17, 15) is 9.18 Å². The van der Waals surface area contributed by atoms with Gasteiger partial charge in [0.25, 0.3) is 5.91 Å². The second kappa shape index (κ2) is 7.15. The van der Waals surface area contributed by atoms with Crippen LogP contribution in [0.5, 0.6) is 0 Å². The number of amides is 1. The van der Waals surface area contributed by atoms with Crippen LogP contribution in [0.3, 0.4) is 0 Å². The van der Waals surface area contributed by atoms with Crippen LogP contribution < -0.4 is 10.6 Å². The largest absolute Gasteiger partial charge is 0.376 e. The standard InChI is InChI=1S/C16H17FN4O2/c17-11-3-5-12(6-4-11)21-16(22)14-9-20-15(10-18-14)19-8-13-2-1-7-23-13/h3-6,9-10,13H,1-2,7-8H2,(H,19,20)(H,21,22). The van der Waals surface area contributed by atoms with Crippen LogP contribution in [0, 0.1) is 5.82 Å². The minimum atomic E-state index is -0.394. The van der Waals surface area contributed by atoms with Crippen molar-refractivity contribution in [3.63, 3.8) is 0 Å². The number of nitrogens with one attached hydrogen (secondary N) is 2. The highest BCUT2D eigenvalue weighted by molar-refractivity contribution is 6.02. The van der Waals surface area contributed by atoms with E-state index >= 15 is 0 Å². The molecule has 1 aromatic heterocycles. The second-order valence-corrected chi connectivity index (χ2v) is 5.26. The van der Waals surface area contributed by atoms with Crippen molar-refractivity contribution in [2.75, 3.05) is 23.8 Å². The summed E-state index contributed by atoms with van der Waals surface area (Å²) in [5, 5.41) is 5.77. The maximum Gasteiger partial charge on any atom is 0.275 e. The number of hydrogen-bond donors (Lipinski definition) is 2. The first kappa shape index (κ1) is 15.4. The molecule has 1 atom stereocenters. The van der Waals surface area contributed by atoms with E-state index in [-0.39, 0.29) is 17.6 Å². The summed E-state index contributed by atoms with van der Waals surface area (Å²) < 4.78 is 18.3. The van der Waals surface area contributed by atoms with Crippen molar-refractivity contribution in [2.24, 2.45) is 0 Å². The molecule has 0 spiro atoms. The van der Waals surface area contributed by atoms with Crippen molar-refractivity contribution in [2.45, 2.75) is 18.9 Å². The van der Waals surface area contributed by atoms with Gasteiger partial charge in [-0.25, -0.2) is 14.4 Å². The third kappa shape index (κ3) is 4.23. The molecular weight excluding hydrogens is 299 g/mol. The zero-order chi connectivity index (χ0) is 16.1. The summed E-state index contributed by atoms with van der Waals surface area (Å²) in [7, 11) is 0. The molecule has 1 saturated heterocycles. The molecule has 1 aliphatic heterocycles. The normalized spacial score (nSPS) is 17.0. The predicted octanol–water partition coefficient (Wildman–Crippen LogP) is 2.46. The molecule has 0 radical (unpaired) electrons. The van der Waals surface area contributed by atoms with Crippen molar-refractivity contribution < 1.29 is 13.9 Å². The number of carbonyl (C=O) groups is 1. The molecule has 7 heteroatoms. The van der Waals surface area contributed by atoms with Gasteiger partial charge in [0.2, 0.25) is 0 Å². The molecule has 0 aliphatic carbocycles. The lowest BCUT2D eigenvalue weighted by atomic mass is 10.2. The topological polar surface area (TPSA) is 76.1 Å². The quantitative estimate of drug-likeness (QED) is 0.886. The summed E-state index contributed by atoms with van der Waals surface area (Å²) in [5.41, 5.74) is 0.691. The fourth-order valence-electron chi connectivity index (χ4n) is 2.29. The zero-order valence-electron chi connectivity index (χ0n) is 12.5. The van der Waals surface area contributed by atoms with Crippen LogP contribution in [-0.2, 0) is 4.74 Å². The number of anilines is 2. The molecule has 1 aliphatic rings. The third-order valence-electron chi connectivity index (χ3n) is 3.52. The van der Waals surface area contributed by atoms with E-state index in [2.05, 4.69) is 20.6 Å². The first-order valence-electron chi connectivity index (χ1n) is 7.45. The van der Waals surface area contributed by atoms with Crippen LogP contribution >= 0.6 is 0 Å². The fourth-order valence-corrected chi connectivity index (χ4v) is 2.29. The average Bonchev–Trinajstić information content (AvgIpc) is 3.09. The van der Waals surface area contributed by atoms with Crippen molar-refractivity contribution >= 4 is 17.4 Å². The molecule has 2 heterocycles. The third-order valence-corrected chi connectivity index (χ3v) is 3.52. The Balaban J connectivity index is 1.55. The second-order valence-electron chi connectivity index (χ2n) is 5.26. The molecule has 1 amide bonds. The number of ether oxygens (including phenoxy) is 1. The molecule has 0 saturated carbocycles. The molecule has 2 N–H and O–H groups in total. The minimum absolute atomic E-state index is 0.192. The monoisotopic (exact) mass is 316 g/mol. The lowest BCUT2D eigenvalue weighted by Crippen LogP contribution is -2.19. The van der Waals surface area contributed by atoms with Gasteiger partial charge in [-0.15, -0.1) is 0 Å². The maximum atomic E-state index is 12.8. The summed E-state index contributed by atoms with van der Waals surface area (Å²) in [5.74, 6) is -0.155. The number of hydrogen-bond acceptors (Lipinski definition) is 5. The van der Waals surface area contributed by atoms with E-state index in [4.69, 9.17) is 4.74 Å². The highest BCUT2D eigenvalue weighted by Crippen LogP contribution is 2.13. The van der Waals surface area contributed by atoms with Crippen LogP contribution in [-0.4, -0.2) is 35.1 Å². The lowest BCUT2D eigenvalue weighted by Gasteiger charge is -2.11. The van der Waals surface area contributed by atoms with E-state index in [1.807, 2.05) is 0 Å². The van der Waals surface area contributed by atoms with E-state index < -0.39 is 5.91 Å². The van der Waals surface area contributed by atoms with E-state index in [0.29, 0.717) is 18.1 Å². The lowest BCUT2D eigenvalue weighted by molar-refractivity contribution is 0.102. The van der Waals surface area contributed by atoms with Crippen LogP contribution in [0.4, 0.5) is 15.9 Å². The SMILES string of the molecule is O=C(Nc1ccc(F)cc1)c1cnc(NCC2CCCO2)cn1. The Morgan fingerprint density at radius 1 is 1.26 bits per heavy atom. The number of carbonyl (C=O) groups excluding carboxylic acids is 1. The van der Waals surface area contributed by atoms with Gasteiger partial charge in [0.1, 0.15) is 17.3 Å². The van der Waals surface area contributed by atoms with Crippen LogP contribution in [0.1, 0.15) is 23.3 Å². The van der Waals surface area contributed by atoms with Crippen molar-refractivity contribution in [1.82, 2.24) is 9.97 Å². The number of nitrogens with zero attached hydrogens (tertiary/aromatic N) is 2. The average molecular weight is 316 g/mol. The van der Waals surface area contributed by atoms with Crippen molar-refractivity contribution in [1.29, 1.82) is 0 Å². The number of rotatable bonds is 5. The van der Waals surface area contributed by atoms with Gasteiger partial charge in [0.15, 0.2) is 0 Å². The summed E-state index contributed by atoms with van der Waals surface area (Å²) in [6.07, 6.45) is 5.24. The van der Waals surface area contributed by atoms with Gasteiger partial charge in [-0.3, -0.25) is 4.79 Å². The van der Waals surface area contributed by atoms with Crippen LogP contribution in [0.15, 0.2) is 36.7 Å². The Morgan fingerprint density at radius 3 is 2.74 bits per heavy atom. The summed E-state index contributed by atoms with van der Waals surface area (Å²) in [6, 6.07) is 5.52. The Kier molecular flexibility index (Phi) is 4.77. The van der Waals surface area contributed by atoms with Crippen molar-refractivity contribution in [3.05, 3.63) is 48.2 Å². The van der Waals surface area contributed by atoms with E-state index in [1.165, 1.54) is 36.7 Å². The Bertz CT molecular complexity index is 655. The van der Waals surface area contributed by atoms with Gasteiger partial charge in [-0.2, -0.15) is 0 Å². The van der Waals surface area contributed by atoms with E-state index in [1.54, 1.807) is 0 Å². The molecule has 1 fully saturated rings. The first-order valence-corrected chi connectivity index (χ1v) is 7.45.